The van der Waals surface area contributed by atoms with Gasteiger partial charge in [-0.05, 0) is 24.3 Å². The second kappa shape index (κ2) is 3.49. The third-order valence-electron chi connectivity index (χ3n) is 1.09. The van der Waals surface area contributed by atoms with Crippen molar-refractivity contribution in [3.8, 4) is 5.75 Å². The molecule has 0 aliphatic heterocycles. The highest BCUT2D eigenvalue weighted by molar-refractivity contribution is 7.80. The molecule has 3 heteroatoms. The zero-order valence-electron chi connectivity index (χ0n) is 5.45. The van der Waals surface area contributed by atoms with Crippen molar-refractivity contribution in [2.75, 3.05) is 6.73 Å². The molecular weight excluding hydrogens is 146 g/mol. The predicted octanol–water partition coefficient (Wildman–Crippen LogP) is 1.27. The number of nitrogens with two attached hydrogens (primary N) is 1. The van der Waals surface area contributed by atoms with Crippen LogP contribution in [0.15, 0.2) is 29.2 Å². The van der Waals surface area contributed by atoms with E-state index >= 15 is 0 Å². The molecule has 2 N–H and O–H groups in total. The molecule has 0 atom stereocenters. The van der Waals surface area contributed by atoms with E-state index in [9.17, 15) is 0 Å². The Morgan fingerprint density at radius 3 is 2.40 bits per heavy atom. The first-order chi connectivity index (χ1) is 4.83. The Hall–Kier alpha value is -0.670. The highest BCUT2D eigenvalue weighted by Gasteiger charge is 1.88. The Bertz CT molecular complexity index is 197. The maximum absolute atomic E-state index is 5.16. The number of ether oxygens (including phenoxy) is 1. The zero-order valence-corrected chi connectivity index (χ0v) is 6.34. The first-order valence-corrected chi connectivity index (χ1v) is 3.39. The summed E-state index contributed by atoms with van der Waals surface area (Å²) in [5.41, 5.74) is 5.16. The van der Waals surface area contributed by atoms with Gasteiger partial charge in [-0.2, -0.15) is 0 Å². The first kappa shape index (κ1) is 7.44. The van der Waals surface area contributed by atoms with Gasteiger partial charge in [-0.25, -0.2) is 0 Å². The third kappa shape index (κ3) is 1.93. The highest BCUT2D eigenvalue weighted by Crippen LogP contribution is 2.13. The van der Waals surface area contributed by atoms with E-state index in [0.29, 0.717) is 0 Å². The van der Waals surface area contributed by atoms with Crippen molar-refractivity contribution in [1.82, 2.24) is 0 Å². The van der Waals surface area contributed by atoms with Crippen LogP contribution >= 0.6 is 12.6 Å². The van der Waals surface area contributed by atoms with Crippen molar-refractivity contribution in [3.63, 3.8) is 0 Å². The topological polar surface area (TPSA) is 35.2 Å². The van der Waals surface area contributed by atoms with Gasteiger partial charge in [0.1, 0.15) is 12.5 Å². The van der Waals surface area contributed by atoms with E-state index in [0.717, 1.165) is 10.6 Å². The number of hydrogen-bond donors (Lipinski definition) is 2. The van der Waals surface area contributed by atoms with Crippen molar-refractivity contribution in [3.05, 3.63) is 24.3 Å². The Morgan fingerprint density at radius 1 is 1.30 bits per heavy atom. The fourth-order valence-electron chi connectivity index (χ4n) is 0.639. The van der Waals surface area contributed by atoms with Gasteiger partial charge in [-0.3, -0.25) is 5.73 Å². The van der Waals surface area contributed by atoms with Crippen molar-refractivity contribution in [1.29, 1.82) is 0 Å². The smallest absolute Gasteiger partial charge is 0.137 e. The summed E-state index contributed by atoms with van der Waals surface area (Å²) in [5.74, 6) is 0.778. The summed E-state index contributed by atoms with van der Waals surface area (Å²) in [6.07, 6.45) is 0. The zero-order chi connectivity index (χ0) is 7.40. The van der Waals surface area contributed by atoms with Crippen molar-refractivity contribution >= 4 is 12.6 Å². The Morgan fingerprint density at radius 2 is 1.90 bits per heavy atom. The van der Waals surface area contributed by atoms with E-state index in [-0.39, 0.29) is 6.73 Å². The molecule has 0 unspecified atom stereocenters. The van der Waals surface area contributed by atoms with Crippen LogP contribution in [0.4, 0.5) is 0 Å². The van der Waals surface area contributed by atoms with Crippen LogP contribution in [-0.2, 0) is 0 Å². The van der Waals surface area contributed by atoms with Gasteiger partial charge in [0, 0.05) is 4.90 Å². The normalized spacial score (nSPS) is 9.40. The van der Waals surface area contributed by atoms with Crippen LogP contribution in [0.2, 0.25) is 0 Å². The molecular formula is C7H9NOS. The number of benzene rings is 1. The lowest BCUT2D eigenvalue weighted by Gasteiger charge is -2.00. The van der Waals surface area contributed by atoms with Crippen LogP contribution in [0.25, 0.3) is 0 Å². The molecule has 1 aromatic rings. The molecule has 0 bridgehead atoms. The molecule has 10 heavy (non-hydrogen) atoms. The minimum Gasteiger partial charge on any atom is -0.479 e. The molecule has 0 radical (unpaired) electrons. The standard InChI is InChI=1S/C7H9NOS/c8-5-9-6-1-3-7(10)4-2-6/h1-4,10H,5,8H2. The molecule has 0 aromatic heterocycles. The number of hydrogen-bond acceptors (Lipinski definition) is 3. The first-order valence-electron chi connectivity index (χ1n) is 2.95. The molecule has 0 fully saturated rings. The fourth-order valence-corrected chi connectivity index (χ4v) is 0.788. The molecule has 1 rings (SSSR count). The quantitative estimate of drug-likeness (QED) is 0.498. The molecule has 0 spiro atoms. The van der Waals surface area contributed by atoms with E-state index in [1.165, 1.54) is 0 Å². The SMILES string of the molecule is NCOc1ccc(S)cc1. The Kier molecular flexibility index (Phi) is 2.59. The molecule has 0 saturated carbocycles. The van der Waals surface area contributed by atoms with Gasteiger partial charge in [0.05, 0.1) is 0 Å². The van der Waals surface area contributed by atoms with Crippen LogP contribution in [0.1, 0.15) is 0 Å². The highest BCUT2D eigenvalue weighted by atomic mass is 32.1. The van der Waals surface area contributed by atoms with Gasteiger partial charge in [0.25, 0.3) is 0 Å². The second-order valence-corrected chi connectivity index (χ2v) is 2.32. The van der Waals surface area contributed by atoms with E-state index in [4.69, 9.17) is 10.5 Å². The van der Waals surface area contributed by atoms with E-state index in [1.807, 2.05) is 24.3 Å². The number of rotatable bonds is 2. The predicted molar refractivity (Wildman–Crippen MR) is 43.4 cm³/mol. The molecule has 0 aliphatic rings. The fraction of sp³-hybridized carbons (Fsp3) is 0.143. The monoisotopic (exact) mass is 155 g/mol. The van der Waals surface area contributed by atoms with Crippen LogP contribution in [0.3, 0.4) is 0 Å². The summed E-state index contributed by atoms with van der Waals surface area (Å²) in [5, 5.41) is 0. The summed E-state index contributed by atoms with van der Waals surface area (Å²) in [4.78, 5) is 0.921. The maximum Gasteiger partial charge on any atom is 0.137 e. The minimum atomic E-state index is 0.214. The van der Waals surface area contributed by atoms with Crippen molar-refractivity contribution in [2.45, 2.75) is 4.90 Å². The molecule has 1 aromatic carbocycles. The van der Waals surface area contributed by atoms with E-state index in [2.05, 4.69) is 12.6 Å². The minimum absolute atomic E-state index is 0.214. The van der Waals surface area contributed by atoms with Crippen LogP contribution < -0.4 is 10.5 Å². The lowest BCUT2D eigenvalue weighted by atomic mass is 10.3. The van der Waals surface area contributed by atoms with Crippen molar-refractivity contribution < 1.29 is 4.74 Å². The van der Waals surface area contributed by atoms with Crippen LogP contribution in [0.5, 0.6) is 5.75 Å². The van der Waals surface area contributed by atoms with Gasteiger partial charge >= 0.3 is 0 Å². The maximum atomic E-state index is 5.16. The largest absolute Gasteiger partial charge is 0.479 e. The van der Waals surface area contributed by atoms with Crippen LogP contribution in [0, 0.1) is 0 Å². The van der Waals surface area contributed by atoms with Crippen molar-refractivity contribution in [2.24, 2.45) is 5.73 Å². The Labute approximate surface area is 65.4 Å². The van der Waals surface area contributed by atoms with Crippen LogP contribution in [-0.4, -0.2) is 6.73 Å². The lowest BCUT2D eigenvalue weighted by Crippen LogP contribution is -2.06. The molecule has 2 nitrogen and oxygen atoms in total. The number of thiol groups is 1. The summed E-state index contributed by atoms with van der Waals surface area (Å²) in [7, 11) is 0. The van der Waals surface area contributed by atoms with Gasteiger partial charge in [0.2, 0.25) is 0 Å². The van der Waals surface area contributed by atoms with Gasteiger partial charge < -0.3 is 4.74 Å². The van der Waals surface area contributed by atoms with Gasteiger partial charge in [0.15, 0.2) is 0 Å². The summed E-state index contributed by atoms with van der Waals surface area (Å²) in [6.45, 7) is 0.214. The summed E-state index contributed by atoms with van der Waals surface area (Å²) >= 11 is 4.11. The summed E-state index contributed by atoms with van der Waals surface area (Å²) in [6, 6.07) is 7.37. The summed E-state index contributed by atoms with van der Waals surface area (Å²) < 4.78 is 5.00. The second-order valence-electron chi connectivity index (χ2n) is 1.80. The van der Waals surface area contributed by atoms with E-state index < -0.39 is 0 Å². The molecule has 0 aliphatic carbocycles. The lowest BCUT2D eigenvalue weighted by molar-refractivity contribution is 0.329. The molecule has 0 amide bonds. The molecule has 0 heterocycles. The molecule has 0 saturated heterocycles. The van der Waals surface area contributed by atoms with Gasteiger partial charge in [-0.15, -0.1) is 12.6 Å². The average molecular weight is 155 g/mol. The molecule has 54 valence electrons. The third-order valence-corrected chi connectivity index (χ3v) is 1.38. The average Bonchev–Trinajstić information content (AvgIpc) is 1.95. The Balaban J connectivity index is 2.69. The van der Waals surface area contributed by atoms with E-state index in [1.54, 1.807) is 0 Å². The van der Waals surface area contributed by atoms with Gasteiger partial charge in [-0.1, -0.05) is 0 Å².